The molecular weight excluding hydrogens is 444 g/mol. The highest BCUT2D eigenvalue weighted by Gasteiger charge is 2.37. The van der Waals surface area contributed by atoms with E-state index in [9.17, 15) is 14.7 Å². The van der Waals surface area contributed by atoms with Gasteiger partial charge in [0.2, 0.25) is 0 Å². The summed E-state index contributed by atoms with van der Waals surface area (Å²) in [6.07, 6.45) is 5.68. The number of carboxylic acids is 1. The topological polar surface area (TPSA) is 72.2 Å². The summed E-state index contributed by atoms with van der Waals surface area (Å²) < 4.78 is 2.35. The highest BCUT2D eigenvalue weighted by atomic mass is 32.1. The molecule has 184 valence electrons. The predicted molar refractivity (Wildman–Crippen MR) is 140 cm³/mol. The van der Waals surface area contributed by atoms with E-state index in [2.05, 4.69) is 42.9 Å². The van der Waals surface area contributed by atoms with E-state index in [1.165, 1.54) is 4.88 Å². The van der Waals surface area contributed by atoms with E-state index in [0.29, 0.717) is 11.6 Å². The number of benzene rings is 1. The van der Waals surface area contributed by atoms with Gasteiger partial charge < -0.3 is 9.67 Å². The number of aromatic nitrogens is 2. The lowest BCUT2D eigenvalue weighted by atomic mass is 9.73. The summed E-state index contributed by atoms with van der Waals surface area (Å²) in [4.78, 5) is 31.4. The van der Waals surface area contributed by atoms with Gasteiger partial charge in [-0.2, -0.15) is 0 Å². The van der Waals surface area contributed by atoms with Crippen LogP contribution in [0.2, 0.25) is 0 Å². The average molecular weight is 483 g/mol. The van der Waals surface area contributed by atoms with Gasteiger partial charge in [0.05, 0.1) is 16.4 Å². The zero-order valence-corrected chi connectivity index (χ0v) is 22.0. The van der Waals surface area contributed by atoms with Gasteiger partial charge in [-0.05, 0) is 68.7 Å². The number of hydrogen-bond donors (Lipinski definition) is 1. The van der Waals surface area contributed by atoms with Crippen molar-refractivity contribution in [1.29, 1.82) is 0 Å². The molecule has 0 amide bonds. The Bertz CT molecular complexity index is 1110. The van der Waals surface area contributed by atoms with Crippen LogP contribution >= 0.6 is 11.3 Å². The summed E-state index contributed by atoms with van der Waals surface area (Å²) >= 11 is 1.73. The molecule has 0 aliphatic heterocycles. The van der Waals surface area contributed by atoms with Crippen molar-refractivity contribution in [3.8, 4) is 0 Å². The highest BCUT2D eigenvalue weighted by molar-refractivity contribution is 7.09. The summed E-state index contributed by atoms with van der Waals surface area (Å²) in [5.41, 5.74) is 1.57. The van der Waals surface area contributed by atoms with Crippen LogP contribution in [0.15, 0.2) is 35.7 Å². The quantitative estimate of drug-likeness (QED) is 0.255. The fourth-order valence-electron chi connectivity index (χ4n) is 4.76. The Morgan fingerprint density at radius 3 is 2.47 bits per heavy atom. The molecule has 0 aliphatic rings. The Morgan fingerprint density at radius 1 is 1.15 bits per heavy atom. The number of Topliss-reactive ketones (excluding diaryl/α,β-unsaturated/α-hetero) is 1. The SMILES string of the molecule is CCCCC(CC(=O)c1ccc2c(c1)nc(Cc1cccs1)n2C(CC)CC)C(C)(C)C(=O)O. The van der Waals surface area contributed by atoms with Gasteiger partial charge in [-0.15, -0.1) is 11.3 Å². The number of ketones is 1. The van der Waals surface area contributed by atoms with E-state index in [1.807, 2.05) is 18.2 Å². The third-order valence-corrected chi connectivity index (χ3v) is 8.09. The maximum Gasteiger partial charge on any atom is 0.309 e. The molecule has 1 N–H and O–H groups in total. The minimum absolute atomic E-state index is 0.00535. The first-order chi connectivity index (χ1) is 16.2. The van der Waals surface area contributed by atoms with Crippen LogP contribution in [0.25, 0.3) is 11.0 Å². The van der Waals surface area contributed by atoms with Gasteiger partial charge in [0.25, 0.3) is 0 Å². The largest absolute Gasteiger partial charge is 0.481 e. The van der Waals surface area contributed by atoms with E-state index in [-0.39, 0.29) is 18.1 Å². The van der Waals surface area contributed by atoms with Crippen LogP contribution in [-0.4, -0.2) is 26.4 Å². The molecule has 0 bridgehead atoms. The molecule has 0 aliphatic carbocycles. The maximum atomic E-state index is 13.3. The highest BCUT2D eigenvalue weighted by Crippen LogP contribution is 2.35. The lowest BCUT2D eigenvalue weighted by Gasteiger charge is -2.30. The Hall–Kier alpha value is -2.47. The summed E-state index contributed by atoms with van der Waals surface area (Å²) in [6.45, 7) is 9.96. The summed E-state index contributed by atoms with van der Waals surface area (Å²) in [7, 11) is 0. The smallest absolute Gasteiger partial charge is 0.309 e. The van der Waals surface area contributed by atoms with Crippen molar-refractivity contribution in [3.63, 3.8) is 0 Å². The third kappa shape index (κ3) is 5.60. The zero-order valence-electron chi connectivity index (χ0n) is 21.1. The molecule has 0 saturated heterocycles. The van der Waals surface area contributed by atoms with Crippen LogP contribution in [0.3, 0.4) is 0 Å². The number of fused-ring (bicyclic) bond motifs is 1. The van der Waals surface area contributed by atoms with Crippen LogP contribution < -0.4 is 0 Å². The van der Waals surface area contributed by atoms with Crippen molar-refractivity contribution in [1.82, 2.24) is 9.55 Å². The van der Waals surface area contributed by atoms with E-state index in [4.69, 9.17) is 4.98 Å². The van der Waals surface area contributed by atoms with Crippen LogP contribution in [0.1, 0.15) is 100 Å². The van der Waals surface area contributed by atoms with E-state index in [1.54, 1.807) is 25.2 Å². The lowest BCUT2D eigenvalue weighted by Crippen LogP contribution is -2.34. The zero-order chi connectivity index (χ0) is 24.9. The van der Waals surface area contributed by atoms with Crippen LogP contribution in [0, 0.1) is 11.3 Å². The van der Waals surface area contributed by atoms with E-state index in [0.717, 1.165) is 55.4 Å². The third-order valence-electron chi connectivity index (χ3n) is 7.21. The fraction of sp³-hybridized carbons (Fsp3) is 0.536. The first-order valence-electron chi connectivity index (χ1n) is 12.5. The number of rotatable bonds is 13. The number of imidazole rings is 1. The molecule has 0 fully saturated rings. The summed E-state index contributed by atoms with van der Waals surface area (Å²) in [5.74, 6) is -0.0264. The van der Waals surface area contributed by atoms with Gasteiger partial charge in [-0.3, -0.25) is 9.59 Å². The number of unbranched alkanes of at least 4 members (excludes halogenated alkanes) is 1. The standard InChI is InChI=1S/C28H38N2O3S/c1-6-9-11-20(28(4,5)27(32)33)17-25(31)19-13-14-24-23(16-19)29-26(18-22-12-10-15-34-22)30(24)21(7-2)8-3/h10,12-16,20-21H,6-9,11,17-18H2,1-5H3,(H,32,33). The molecule has 3 rings (SSSR count). The number of carboxylic acid groups (broad SMARTS) is 1. The number of carbonyl (C=O) groups excluding carboxylic acids is 1. The molecule has 0 saturated carbocycles. The second-order valence-corrected chi connectivity index (χ2v) is 10.9. The second-order valence-electron chi connectivity index (χ2n) is 9.82. The molecule has 1 atom stereocenters. The maximum absolute atomic E-state index is 13.3. The van der Waals surface area contributed by atoms with Crippen molar-refractivity contribution < 1.29 is 14.7 Å². The van der Waals surface area contributed by atoms with Gasteiger partial charge in [0.15, 0.2) is 5.78 Å². The number of nitrogens with zero attached hydrogens (tertiary/aromatic N) is 2. The molecular formula is C28H38N2O3S. The van der Waals surface area contributed by atoms with Gasteiger partial charge in [0.1, 0.15) is 5.82 Å². The fourth-order valence-corrected chi connectivity index (χ4v) is 5.46. The van der Waals surface area contributed by atoms with Gasteiger partial charge >= 0.3 is 5.97 Å². The Morgan fingerprint density at radius 2 is 1.88 bits per heavy atom. The van der Waals surface area contributed by atoms with Crippen molar-refractivity contribution in [2.24, 2.45) is 11.3 Å². The first kappa shape index (κ1) is 26.1. The predicted octanol–water partition coefficient (Wildman–Crippen LogP) is 7.54. The molecule has 5 nitrogen and oxygen atoms in total. The Kier molecular flexibility index (Phi) is 8.69. The van der Waals surface area contributed by atoms with Crippen LogP contribution in [0.4, 0.5) is 0 Å². The first-order valence-corrected chi connectivity index (χ1v) is 13.4. The molecule has 0 radical (unpaired) electrons. The van der Waals surface area contributed by atoms with Gasteiger partial charge in [-0.25, -0.2) is 4.98 Å². The number of carbonyl (C=O) groups is 2. The molecule has 34 heavy (non-hydrogen) atoms. The lowest BCUT2D eigenvalue weighted by molar-refractivity contribution is -0.150. The van der Waals surface area contributed by atoms with Crippen molar-refractivity contribution in [2.45, 2.75) is 85.6 Å². The minimum atomic E-state index is -0.945. The van der Waals surface area contributed by atoms with Crippen molar-refractivity contribution in [2.75, 3.05) is 0 Å². The van der Waals surface area contributed by atoms with Gasteiger partial charge in [-0.1, -0.05) is 39.7 Å². The molecule has 0 spiro atoms. The second kappa shape index (κ2) is 11.3. The normalized spacial score (nSPS) is 13.0. The van der Waals surface area contributed by atoms with E-state index < -0.39 is 11.4 Å². The average Bonchev–Trinajstić information content (AvgIpc) is 3.45. The molecule has 3 aromatic rings. The molecule has 1 unspecified atom stereocenters. The van der Waals surface area contributed by atoms with Gasteiger partial charge in [0, 0.05) is 29.3 Å². The Labute approximate surface area is 207 Å². The molecule has 2 aromatic heterocycles. The number of aliphatic carboxylic acids is 1. The summed E-state index contributed by atoms with van der Waals surface area (Å²) in [6, 6.07) is 10.4. The summed E-state index contributed by atoms with van der Waals surface area (Å²) in [5, 5.41) is 11.8. The number of thiophene rings is 1. The van der Waals surface area contributed by atoms with Crippen LogP contribution in [-0.2, 0) is 11.2 Å². The minimum Gasteiger partial charge on any atom is -0.481 e. The molecule has 2 heterocycles. The number of hydrogen-bond acceptors (Lipinski definition) is 4. The monoisotopic (exact) mass is 482 g/mol. The molecule has 1 aromatic carbocycles. The van der Waals surface area contributed by atoms with Crippen molar-refractivity contribution in [3.05, 3.63) is 52.0 Å². The van der Waals surface area contributed by atoms with Crippen molar-refractivity contribution >= 4 is 34.1 Å². The Balaban J connectivity index is 1.95. The molecule has 6 heteroatoms. The van der Waals surface area contributed by atoms with E-state index >= 15 is 0 Å². The van der Waals surface area contributed by atoms with Crippen LogP contribution in [0.5, 0.6) is 0 Å².